The van der Waals surface area contributed by atoms with Gasteiger partial charge in [0.2, 0.25) is 0 Å². The molecule has 0 saturated carbocycles. The number of halogens is 2. The molecule has 2 aromatic heterocycles. The van der Waals surface area contributed by atoms with Crippen molar-refractivity contribution in [1.29, 1.82) is 0 Å². The zero-order valence-corrected chi connectivity index (χ0v) is 8.70. The minimum absolute atomic E-state index is 0.352. The first-order valence-electron chi connectivity index (χ1n) is 3.48. The highest BCUT2D eigenvalue weighted by Gasteiger charge is 2.06. The molecule has 0 aliphatic heterocycles. The van der Waals surface area contributed by atoms with Crippen molar-refractivity contribution in [2.24, 2.45) is 0 Å². The van der Waals surface area contributed by atoms with Gasteiger partial charge in [0.15, 0.2) is 10.3 Å². The molecule has 0 radical (unpaired) electrons. The van der Waals surface area contributed by atoms with Crippen LogP contribution >= 0.6 is 34.5 Å². The lowest BCUT2D eigenvalue weighted by Crippen LogP contribution is -1.86. The molecule has 2 nitrogen and oxygen atoms in total. The Bertz CT molecular complexity index is 414. The first-order valence-corrected chi connectivity index (χ1v) is 5.18. The number of hydrogen-bond acceptors (Lipinski definition) is 3. The Balaban J connectivity index is 2.57. The second kappa shape index (κ2) is 3.62. The number of nitrogens with zero attached hydrogens (tertiary/aromatic N) is 2. The highest BCUT2D eigenvalue weighted by atomic mass is 35.5. The van der Waals surface area contributed by atoms with Crippen molar-refractivity contribution in [2.75, 3.05) is 0 Å². The molecular formula is C8H4Cl2N2S. The molecule has 0 N–H and O–H groups in total. The third-order valence-electron chi connectivity index (χ3n) is 1.55. The second-order valence-electron chi connectivity index (χ2n) is 2.38. The molecule has 0 bridgehead atoms. The van der Waals surface area contributed by atoms with Gasteiger partial charge in [-0.1, -0.05) is 23.2 Å². The Morgan fingerprint density at radius 2 is 2.08 bits per heavy atom. The first kappa shape index (κ1) is 8.94. The SMILES string of the molecule is Clc1cc(-c2ccsc2)c(Cl)nn1. The van der Waals surface area contributed by atoms with Gasteiger partial charge in [0.1, 0.15) is 0 Å². The number of thiophene rings is 1. The molecule has 0 amide bonds. The molecule has 0 fully saturated rings. The van der Waals surface area contributed by atoms with Crippen LogP contribution in [0, 0.1) is 0 Å². The number of aromatic nitrogens is 2. The van der Waals surface area contributed by atoms with Crippen molar-refractivity contribution in [3.05, 3.63) is 33.2 Å². The van der Waals surface area contributed by atoms with Crippen molar-refractivity contribution in [2.45, 2.75) is 0 Å². The zero-order valence-electron chi connectivity index (χ0n) is 6.37. The third kappa shape index (κ3) is 1.82. The molecule has 5 heteroatoms. The van der Waals surface area contributed by atoms with Gasteiger partial charge in [-0.2, -0.15) is 11.3 Å². The molecule has 0 aromatic carbocycles. The van der Waals surface area contributed by atoms with E-state index in [1.54, 1.807) is 17.4 Å². The van der Waals surface area contributed by atoms with Crippen LogP contribution in [0.3, 0.4) is 0 Å². The Morgan fingerprint density at radius 3 is 2.77 bits per heavy atom. The highest BCUT2D eigenvalue weighted by Crippen LogP contribution is 2.28. The van der Waals surface area contributed by atoms with E-state index in [0.717, 1.165) is 11.1 Å². The summed E-state index contributed by atoms with van der Waals surface area (Å²) >= 11 is 13.2. The molecule has 0 atom stereocenters. The van der Waals surface area contributed by atoms with E-state index in [4.69, 9.17) is 23.2 Å². The van der Waals surface area contributed by atoms with Crippen LogP contribution < -0.4 is 0 Å². The lowest BCUT2D eigenvalue weighted by Gasteiger charge is -1.99. The lowest BCUT2D eigenvalue weighted by molar-refractivity contribution is 1.03. The molecule has 0 saturated heterocycles. The van der Waals surface area contributed by atoms with Crippen LogP contribution in [0.2, 0.25) is 10.3 Å². The Morgan fingerprint density at radius 1 is 1.23 bits per heavy atom. The molecule has 2 heterocycles. The van der Waals surface area contributed by atoms with Gasteiger partial charge in [0.25, 0.3) is 0 Å². The highest BCUT2D eigenvalue weighted by molar-refractivity contribution is 7.08. The summed E-state index contributed by atoms with van der Waals surface area (Å²) in [5, 5.41) is 12.0. The van der Waals surface area contributed by atoms with Crippen LogP contribution in [-0.4, -0.2) is 10.2 Å². The minimum atomic E-state index is 0.352. The summed E-state index contributed by atoms with van der Waals surface area (Å²) in [6, 6.07) is 3.67. The van der Waals surface area contributed by atoms with Crippen LogP contribution in [0.5, 0.6) is 0 Å². The molecule has 0 unspecified atom stereocenters. The molecule has 0 aliphatic carbocycles. The fraction of sp³-hybridized carbons (Fsp3) is 0. The van der Waals surface area contributed by atoms with Crippen molar-refractivity contribution in [1.82, 2.24) is 10.2 Å². The average Bonchev–Trinajstić information content (AvgIpc) is 2.61. The van der Waals surface area contributed by atoms with E-state index in [9.17, 15) is 0 Å². The fourth-order valence-electron chi connectivity index (χ4n) is 0.973. The quantitative estimate of drug-likeness (QED) is 0.750. The van der Waals surface area contributed by atoms with E-state index in [1.807, 2.05) is 16.8 Å². The molecular weight excluding hydrogens is 227 g/mol. The van der Waals surface area contributed by atoms with Crippen LogP contribution in [0.4, 0.5) is 0 Å². The number of rotatable bonds is 1. The average molecular weight is 231 g/mol. The first-order chi connectivity index (χ1) is 6.27. The van der Waals surface area contributed by atoms with Gasteiger partial charge in [0, 0.05) is 5.56 Å². The van der Waals surface area contributed by atoms with Crippen LogP contribution in [-0.2, 0) is 0 Å². The van der Waals surface area contributed by atoms with E-state index >= 15 is 0 Å². The van der Waals surface area contributed by atoms with Gasteiger partial charge in [-0.15, -0.1) is 10.2 Å². The maximum atomic E-state index is 5.86. The van der Waals surface area contributed by atoms with Crippen LogP contribution in [0.25, 0.3) is 11.1 Å². The van der Waals surface area contributed by atoms with E-state index in [0.29, 0.717) is 10.3 Å². The van der Waals surface area contributed by atoms with Crippen LogP contribution in [0.15, 0.2) is 22.9 Å². The second-order valence-corrected chi connectivity index (χ2v) is 3.91. The van der Waals surface area contributed by atoms with Crippen molar-refractivity contribution < 1.29 is 0 Å². The summed E-state index contributed by atoms with van der Waals surface area (Å²) in [5.41, 5.74) is 1.84. The summed E-state index contributed by atoms with van der Waals surface area (Å²) in [6.07, 6.45) is 0. The van der Waals surface area contributed by atoms with E-state index < -0.39 is 0 Å². The molecule has 0 spiro atoms. The molecule has 0 aliphatic rings. The zero-order chi connectivity index (χ0) is 9.26. The van der Waals surface area contributed by atoms with Crippen molar-refractivity contribution in [3.63, 3.8) is 0 Å². The van der Waals surface area contributed by atoms with Gasteiger partial charge in [0.05, 0.1) is 0 Å². The lowest BCUT2D eigenvalue weighted by atomic mass is 10.2. The standard InChI is InChI=1S/C8H4Cl2N2S/c9-7-3-6(8(10)12-11-7)5-1-2-13-4-5/h1-4H. The predicted molar refractivity (Wildman–Crippen MR) is 55.4 cm³/mol. The van der Waals surface area contributed by atoms with Gasteiger partial charge >= 0.3 is 0 Å². The summed E-state index contributed by atoms with van der Waals surface area (Å²) in [6.45, 7) is 0. The minimum Gasteiger partial charge on any atom is -0.152 e. The normalized spacial score (nSPS) is 10.3. The summed E-state index contributed by atoms with van der Waals surface area (Å²) in [5.74, 6) is 0. The van der Waals surface area contributed by atoms with Gasteiger partial charge < -0.3 is 0 Å². The van der Waals surface area contributed by atoms with Gasteiger partial charge in [-0.3, -0.25) is 0 Å². The Kier molecular flexibility index (Phi) is 2.49. The van der Waals surface area contributed by atoms with E-state index in [-0.39, 0.29) is 0 Å². The van der Waals surface area contributed by atoms with Crippen molar-refractivity contribution in [3.8, 4) is 11.1 Å². The topological polar surface area (TPSA) is 25.8 Å². The maximum Gasteiger partial charge on any atom is 0.159 e. The predicted octanol–water partition coefficient (Wildman–Crippen LogP) is 3.51. The summed E-state index contributed by atoms with van der Waals surface area (Å²) in [7, 11) is 0. The van der Waals surface area contributed by atoms with Crippen molar-refractivity contribution >= 4 is 34.5 Å². The summed E-state index contributed by atoms with van der Waals surface area (Å²) < 4.78 is 0. The van der Waals surface area contributed by atoms with E-state index in [1.165, 1.54) is 0 Å². The molecule has 66 valence electrons. The maximum absolute atomic E-state index is 5.86. The monoisotopic (exact) mass is 230 g/mol. The largest absolute Gasteiger partial charge is 0.159 e. The fourth-order valence-corrected chi connectivity index (χ4v) is 1.98. The summed E-state index contributed by atoms with van der Waals surface area (Å²) in [4.78, 5) is 0. The third-order valence-corrected chi connectivity index (χ3v) is 2.70. The van der Waals surface area contributed by atoms with E-state index in [2.05, 4.69) is 10.2 Å². The van der Waals surface area contributed by atoms with Gasteiger partial charge in [-0.05, 0) is 28.5 Å². The molecule has 2 aromatic rings. The Labute approximate surface area is 89.1 Å². The molecule has 13 heavy (non-hydrogen) atoms. The van der Waals surface area contributed by atoms with Crippen LogP contribution in [0.1, 0.15) is 0 Å². The van der Waals surface area contributed by atoms with Gasteiger partial charge in [-0.25, -0.2) is 0 Å². The molecule has 2 rings (SSSR count). The smallest absolute Gasteiger partial charge is 0.152 e. The number of hydrogen-bond donors (Lipinski definition) is 0. The Hall–Kier alpha value is -0.640.